The molecule has 1 aromatic heterocycles. The van der Waals surface area contributed by atoms with Crippen molar-refractivity contribution >= 4 is 12.0 Å². The van der Waals surface area contributed by atoms with Crippen LogP contribution < -0.4 is 14.4 Å². The number of aromatic nitrogens is 1. The molecule has 1 heterocycles. The van der Waals surface area contributed by atoms with E-state index in [9.17, 15) is 4.79 Å². The lowest BCUT2D eigenvalue weighted by Gasteiger charge is -2.25. The van der Waals surface area contributed by atoms with Crippen LogP contribution in [0.4, 0.5) is 5.69 Å². The molecule has 2 rings (SSSR count). The zero-order valence-electron chi connectivity index (χ0n) is 16.5. The third-order valence-corrected chi connectivity index (χ3v) is 4.33. The molecule has 0 N–H and O–H groups in total. The van der Waals surface area contributed by atoms with Crippen LogP contribution in [0, 0.1) is 20.8 Å². The van der Waals surface area contributed by atoms with E-state index in [-0.39, 0.29) is 0 Å². The summed E-state index contributed by atoms with van der Waals surface area (Å²) < 4.78 is 11.4. The number of pyridine rings is 1. The largest absolute Gasteiger partial charge is 0.497 e. The zero-order chi connectivity index (χ0) is 19.3. The third-order valence-electron chi connectivity index (χ3n) is 4.33. The summed E-state index contributed by atoms with van der Waals surface area (Å²) >= 11 is 0. The SMILES string of the molecule is CCCN(CC)c1cc(C)nc(Oc2c(C)cc(OC)cc2C)c1C=O. The first kappa shape index (κ1) is 19.8. The van der Waals surface area contributed by atoms with Gasteiger partial charge in [0.1, 0.15) is 17.1 Å². The summed E-state index contributed by atoms with van der Waals surface area (Å²) in [6, 6.07) is 5.77. The van der Waals surface area contributed by atoms with Crippen LogP contribution in [0.2, 0.25) is 0 Å². The van der Waals surface area contributed by atoms with Crippen LogP contribution in [-0.4, -0.2) is 31.5 Å². The molecule has 0 radical (unpaired) electrons. The number of hydrogen-bond donors (Lipinski definition) is 0. The number of ether oxygens (including phenoxy) is 2. The van der Waals surface area contributed by atoms with Crippen molar-refractivity contribution in [2.45, 2.75) is 41.0 Å². The van der Waals surface area contributed by atoms with Gasteiger partial charge < -0.3 is 14.4 Å². The molecule has 0 amide bonds. The second kappa shape index (κ2) is 8.70. The normalized spacial score (nSPS) is 10.5. The molecule has 0 bridgehead atoms. The first-order valence-electron chi connectivity index (χ1n) is 8.99. The van der Waals surface area contributed by atoms with Crippen LogP contribution in [0.15, 0.2) is 18.2 Å². The van der Waals surface area contributed by atoms with Gasteiger partial charge in [-0.2, -0.15) is 0 Å². The standard InChI is InChI=1S/C21H28N2O3/c1-7-9-23(8-2)19-12-16(5)22-21(18(19)13-24)26-20-14(3)10-17(25-6)11-15(20)4/h10-13H,7-9H2,1-6H3. The van der Waals surface area contributed by atoms with Gasteiger partial charge in [-0.15, -0.1) is 0 Å². The minimum absolute atomic E-state index is 0.348. The molecule has 0 unspecified atom stereocenters. The third kappa shape index (κ3) is 4.15. The summed E-state index contributed by atoms with van der Waals surface area (Å²) in [4.78, 5) is 18.5. The van der Waals surface area contributed by atoms with Crippen molar-refractivity contribution < 1.29 is 14.3 Å². The van der Waals surface area contributed by atoms with Crippen molar-refractivity contribution in [3.05, 3.63) is 40.6 Å². The summed E-state index contributed by atoms with van der Waals surface area (Å²) in [5.74, 6) is 1.83. The van der Waals surface area contributed by atoms with Gasteiger partial charge in [0.05, 0.1) is 12.8 Å². The van der Waals surface area contributed by atoms with E-state index in [1.807, 2.05) is 39.0 Å². The number of aryl methyl sites for hydroxylation is 3. The average molecular weight is 356 g/mol. The van der Waals surface area contributed by atoms with Gasteiger partial charge in [-0.1, -0.05) is 6.92 Å². The van der Waals surface area contributed by atoms with Crippen LogP contribution in [0.3, 0.4) is 0 Å². The van der Waals surface area contributed by atoms with E-state index in [0.717, 1.165) is 54.1 Å². The molecule has 0 aliphatic rings. The minimum atomic E-state index is 0.348. The van der Waals surface area contributed by atoms with Crippen LogP contribution in [0.1, 0.15) is 47.4 Å². The monoisotopic (exact) mass is 356 g/mol. The molecule has 2 aromatic rings. The molecule has 5 heteroatoms. The number of carbonyl (C=O) groups is 1. The van der Waals surface area contributed by atoms with E-state index in [4.69, 9.17) is 9.47 Å². The van der Waals surface area contributed by atoms with Crippen LogP contribution >= 0.6 is 0 Å². The smallest absolute Gasteiger partial charge is 0.232 e. The lowest BCUT2D eigenvalue weighted by molar-refractivity contribution is 0.112. The van der Waals surface area contributed by atoms with E-state index < -0.39 is 0 Å². The molecule has 5 nitrogen and oxygen atoms in total. The number of anilines is 1. The minimum Gasteiger partial charge on any atom is -0.497 e. The van der Waals surface area contributed by atoms with Gasteiger partial charge in [0.25, 0.3) is 0 Å². The highest BCUT2D eigenvalue weighted by Crippen LogP contribution is 2.35. The molecule has 0 aliphatic heterocycles. The average Bonchev–Trinajstić information content (AvgIpc) is 2.61. The summed E-state index contributed by atoms with van der Waals surface area (Å²) in [7, 11) is 1.64. The van der Waals surface area contributed by atoms with Gasteiger partial charge >= 0.3 is 0 Å². The molecular weight excluding hydrogens is 328 g/mol. The van der Waals surface area contributed by atoms with E-state index >= 15 is 0 Å². The quantitative estimate of drug-likeness (QED) is 0.633. The summed E-state index contributed by atoms with van der Waals surface area (Å²) in [6.07, 6.45) is 1.84. The van der Waals surface area contributed by atoms with Crippen molar-refractivity contribution in [2.24, 2.45) is 0 Å². The van der Waals surface area contributed by atoms with Crippen molar-refractivity contribution in [2.75, 3.05) is 25.1 Å². The van der Waals surface area contributed by atoms with Gasteiger partial charge in [0, 0.05) is 18.8 Å². The summed E-state index contributed by atoms with van der Waals surface area (Å²) in [5.41, 5.74) is 4.05. The number of aldehydes is 1. The number of benzene rings is 1. The van der Waals surface area contributed by atoms with Crippen molar-refractivity contribution in [3.63, 3.8) is 0 Å². The predicted octanol–water partition coefficient (Wildman–Crippen LogP) is 4.86. The summed E-state index contributed by atoms with van der Waals surface area (Å²) in [6.45, 7) is 11.7. The number of carbonyl (C=O) groups excluding carboxylic acids is 1. The topological polar surface area (TPSA) is 51.7 Å². The molecule has 26 heavy (non-hydrogen) atoms. The second-order valence-corrected chi connectivity index (χ2v) is 6.39. The molecule has 0 spiro atoms. The van der Waals surface area contributed by atoms with Crippen LogP contribution in [0.5, 0.6) is 17.4 Å². The van der Waals surface area contributed by atoms with Crippen molar-refractivity contribution in [3.8, 4) is 17.4 Å². The number of rotatable bonds is 8. The Morgan fingerprint density at radius 3 is 2.27 bits per heavy atom. The Morgan fingerprint density at radius 1 is 1.12 bits per heavy atom. The van der Waals surface area contributed by atoms with E-state index in [1.54, 1.807) is 7.11 Å². The van der Waals surface area contributed by atoms with Gasteiger partial charge in [0.2, 0.25) is 5.88 Å². The van der Waals surface area contributed by atoms with E-state index in [0.29, 0.717) is 17.2 Å². The molecule has 0 aliphatic carbocycles. The maximum absolute atomic E-state index is 11.9. The Labute approximate surface area is 156 Å². The molecule has 1 aromatic carbocycles. The van der Waals surface area contributed by atoms with Crippen molar-refractivity contribution in [1.29, 1.82) is 0 Å². The Balaban J connectivity index is 2.54. The van der Waals surface area contributed by atoms with Gasteiger partial charge in [-0.05, 0) is 63.4 Å². The lowest BCUT2D eigenvalue weighted by Crippen LogP contribution is -2.25. The molecule has 0 atom stereocenters. The highest BCUT2D eigenvalue weighted by atomic mass is 16.5. The van der Waals surface area contributed by atoms with Crippen LogP contribution in [-0.2, 0) is 0 Å². The van der Waals surface area contributed by atoms with Gasteiger partial charge in [0.15, 0.2) is 6.29 Å². The highest BCUT2D eigenvalue weighted by molar-refractivity contribution is 5.88. The highest BCUT2D eigenvalue weighted by Gasteiger charge is 2.19. The maximum Gasteiger partial charge on any atom is 0.232 e. The molecular formula is C21H28N2O3. The van der Waals surface area contributed by atoms with E-state index in [1.165, 1.54) is 0 Å². The molecule has 140 valence electrons. The number of nitrogens with zero attached hydrogens (tertiary/aromatic N) is 2. The first-order chi connectivity index (χ1) is 12.4. The van der Waals surface area contributed by atoms with E-state index in [2.05, 4.69) is 23.7 Å². The Morgan fingerprint density at radius 2 is 1.77 bits per heavy atom. The fourth-order valence-corrected chi connectivity index (χ4v) is 3.09. The predicted molar refractivity (Wildman–Crippen MR) is 105 cm³/mol. The Bertz CT molecular complexity index is 764. The molecule has 0 saturated heterocycles. The Hall–Kier alpha value is -2.56. The molecule has 0 saturated carbocycles. The summed E-state index contributed by atoms with van der Waals surface area (Å²) in [5, 5.41) is 0. The Kier molecular flexibility index (Phi) is 6.61. The van der Waals surface area contributed by atoms with Gasteiger partial charge in [-0.3, -0.25) is 4.79 Å². The number of hydrogen-bond acceptors (Lipinski definition) is 5. The first-order valence-corrected chi connectivity index (χ1v) is 8.99. The number of methoxy groups -OCH3 is 1. The lowest BCUT2D eigenvalue weighted by atomic mass is 10.1. The van der Waals surface area contributed by atoms with Gasteiger partial charge in [-0.25, -0.2) is 4.98 Å². The maximum atomic E-state index is 11.9. The van der Waals surface area contributed by atoms with Crippen molar-refractivity contribution in [1.82, 2.24) is 4.98 Å². The van der Waals surface area contributed by atoms with Crippen LogP contribution in [0.25, 0.3) is 0 Å². The zero-order valence-corrected chi connectivity index (χ0v) is 16.5. The second-order valence-electron chi connectivity index (χ2n) is 6.39. The fraction of sp³-hybridized carbons (Fsp3) is 0.429. The molecule has 0 fully saturated rings. The fourth-order valence-electron chi connectivity index (χ4n) is 3.09.